The lowest BCUT2D eigenvalue weighted by Gasteiger charge is -2.16. The van der Waals surface area contributed by atoms with Gasteiger partial charge in [0.25, 0.3) is 0 Å². The number of benzene rings is 1. The van der Waals surface area contributed by atoms with Crippen LogP contribution < -0.4 is 4.90 Å². The molecule has 0 aliphatic heterocycles. The number of nitrogens with zero attached hydrogens (tertiary/aromatic N) is 2. The van der Waals surface area contributed by atoms with E-state index in [0.29, 0.717) is 0 Å². The number of carbonyl (C=O) groups is 1. The lowest BCUT2D eigenvalue weighted by atomic mass is 10.1. The molecule has 1 aromatic rings. The van der Waals surface area contributed by atoms with Crippen LogP contribution in [-0.4, -0.2) is 12.3 Å². The van der Waals surface area contributed by atoms with Gasteiger partial charge in [0, 0.05) is 5.92 Å². The van der Waals surface area contributed by atoms with Crippen molar-refractivity contribution in [2.45, 2.75) is 19.0 Å². The monoisotopic (exact) mass is 268 g/mol. The highest BCUT2D eigenvalue weighted by Crippen LogP contribution is 2.33. The average Bonchev–Trinajstić information content (AvgIpc) is 3.19. The largest absolute Gasteiger partial charge is 0.416 e. The van der Waals surface area contributed by atoms with Gasteiger partial charge in [-0.25, -0.2) is 0 Å². The minimum Gasteiger partial charge on any atom is -0.297 e. The number of carbonyl (C=O) groups excluding carboxylic acids is 1. The maximum atomic E-state index is 12.6. The van der Waals surface area contributed by atoms with Crippen LogP contribution in [-0.2, 0) is 11.0 Å². The topological polar surface area (TPSA) is 44.1 Å². The van der Waals surface area contributed by atoms with E-state index in [1.54, 1.807) is 6.19 Å². The van der Waals surface area contributed by atoms with Crippen LogP contribution in [0.2, 0.25) is 0 Å². The lowest BCUT2D eigenvalue weighted by Crippen LogP contribution is -2.26. The minimum absolute atomic E-state index is 0.0263. The first-order valence-electron chi connectivity index (χ1n) is 5.79. The summed E-state index contributed by atoms with van der Waals surface area (Å²) in [4.78, 5) is 12.6. The van der Waals surface area contributed by atoms with E-state index in [2.05, 4.69) is 0 Å². The zero-order valence-electron chi connectivity index (χ0n) is 9.94. The van der Waals surface area contributed by atoms with Crippen molar-refractivity contribution in [1.29, 1.82) is 5.26 Å². The summed E-state index contributed by atoms with van der Waals surface area (Å²) in [6.45, 7) is -0.164. The molecule has 19 heavy (non-hydrogen) atoms. The van der Waals surface area contributed by atoms with Crippen molar-refractivity contribution in [2.24, 2.45) is 5.92 Å². The van der Waals surface area contributed by atoms with Gasteiger partial charge in [-0.1, -0.05) is 6.07 Å². The molecule has 2 rings (SSSR count). The van der Waals surface area contributed by atoms with Crippen molar-refractivity contribution in [3.63, 3.8) is 0 Å². The molecule has 0 spiro atoms. The summed E-state index contributed by atoms with van der Waals surface area (Å²) in [7, 11) is 0. The summed E-state index contributed by atoms with van der Waals surface area (Å²) in [6.07, 6.45) is -1.09. The average molecular weight is 268 g/mol. The van der Waals surface area contributed by atoms with Crippen LogP contribution in [0.1, 0.15) is 18.4 Å². The molecule has 0 saturated heterocycles. The Bertz CT molecular complexity index is 529. The predicted octanol–water partition coefficient (Wildman–Crippen LogP) is 2.97. The normalized spacial score (nSPS) is 14.8. The summed E-state index contributed by atoms with van der Waals surface area (Å²) < 4.78 is 37.7. The van der Waals surface area contributed by atoms with Gasteiger partial charge >= 0.3 is 6.18 Å². The highest BCUT2D eigenvalue weighted by atomic mass is 19.4. The maximum Gasteiger partial charge on any atom is 0.416 e. The van der Waals surface area contributed by atoms with Gasteiger partial charge in [-0.05, 0) is 31.0 Å². The van der Waals surface area contributed by atoms with E-state index in [0.717, 1.165) is 29.9 Å². The van der Waals surface area contributed by atoms with Crippen molar-refractivity contribution in [3.8, 4) is 6.19 Å². The van der Waals surface area contributed by atoms with Gasteiger partial charge in [0.15, 0.2) is 12.0 Å². The Hall–Kier alpha value is -2.03. The van der Waals surface area contributed by atoms with Gasteiger partial charge in [0.05, 0.1) is 17.8 Å². The number of Topliss-reactive ketones (excluding diaryl/α,β-unsaturated/α-hetero) is 1. The number of hydrogen-bond donors (Lipinski definition) is 0. The van der Waals surface area contributed by atoms with Crippen molar-refractivity contribution in [1.82, 2.24) is 0 Å². The number of nitriles is 1. The van der Waals surface area contributed by atoms with Crippen LogP contribution in [0, 0.1) is 17.4 Å². The first kappa shape index (κ1) is 13.4. The molecule has 0 aromatic heterocycles. The third-order valence-corrected chi connectivity index (χ3v) is 2.95. The predicted molar refractivity (Wildman–Crippen MR) is 62.1 cm³/mol. The molecule has 0 N–H and O–H groups in total. The molecule has 1 aliphatic rings. The molecular formula is C13H11F3N2O. The molecule has 6 heteroatoms. The quantitative estimate of drug-likeness (QED) is 0.623. The second-order valence-electron chi connectivity index (χ2n) is 4.47. The standard InChI is InChI=1S/C13H11F3N2O/c14-13(15,16)10-2-1-3-11(6-10)18(8-17)7-12(19)9-4-5-9/h1-3,6,9H,4-5,7H2. The van der Waals surface area contributed by atoms with Gasteiger partial charge < -0.3 is 0 Å². The Labute approximate surface area is 108 Å². The van der Waals surface area contributed by atoms with E-state index < -0.39 is 11.7 Å². The number of halogens is 3. The zero-order valence-corrected chi connectivity index (χ0v) is 9.94. The molecule has 1 aromatic carbocycles. The summed E-state index contributed by atoms with van der Waals surface area (Å²) in [5.41, 5.74) is -0.740. The number of rotatable bonds is 4. The summed E-state index contributed by atoms with van der Waals surface area (Å²) in [5, 5.41) is 8.97. The van der Waals surface area contributed by atoms with Crippen LogP contribution in [0.3, 0.4) is 0 Å². The molecule has 1 aliphatic carbocycles. The van der Waals surface area contributed by atoms with E-state index in [-0.39, 0.29) is 23.9 Å². The lowest BCUT2D eigenvalue weighted by molar-refractivity contribution is -0.137. The summed E-state index contributed by atoms with van der Waals surface area (Å²) in [5.74, 6) is -0.124. The Morgan fingerprint density at radius 1 is 1.42 bits per heavy atom. The van der Waals surface area contributed by atoms with Gasteiger partial charge in [-0.3, -0.25) is 9.69 Å². The third-order valence-electron chi connectivity index (χ3n) is 2.95. The highest BCUT2D eigenvalue weighted by Gasteiger charge is 2.32. The molecule has 3 nitrogen and oxygen atoms in total. The molecule has 0 amide bonds. The van der Waals surface area contributed by atoms with E-state index >= 15 is 0 Å². The number of hydrogen-bond acceptors (Lipinski definition) is 3. The van der Waals surface area contributed by atoms with E-state index in [1.807, 2.05) is 0 Å². The number of anilines is 1. The summed E-state index contributed by atoms with van der Waals surface area (Å²) in [6, 6.07) is 4.42. The van der Waals surface area contributed by atoms with Gasteiger partial charge in [0.1, 0.15) is 0 Å². The maximum absolute atomic E-state index is 12.6. The van der Waals surface area contributed by atoms with Crippen LogP contribution >= 0.6 is 0 Å². The Balaban J connectivity index is 2.18. The van der Waals surface area contributed by atoms with Crippen LogP contribution in [0.15, 0.2) is 24.3 Å². The SMILES string of the molecule is N#CN(CC(=O)C1CC1)c1cccc(C(F)(F)F)c1. The fourth-order valence-electron chi connectivity index (χ4n) is 1.72. The smallest absolute Gasteiger partial charge is 0.297 e. The second kappa shape index (κ2) is 4.92. The zero-order chi connectivity index (χ0) is 14.0. The van der Waals surface area contributed by atoms with Crippen molar-refractivity contribution >= 4 is 11.5 Å². The highest BCUT2D eigenvalue weighted by molar-refractivity contribution is 5.88. The Kier molecular flexibility index (Phi) is 3.47. The molecule has 1 saturated carbocycles. The molecule has 0 unspecified atom stereocenters. The minimum atomic E-state index is -4.46. The van der Waals surface area contributed by atoms with Crippen LogP contribution in [0.5, 0.6) is 0 Å². The Morgan fingerprint density at radius 3 is 2.63 bits per heavy atom. The molecule has 0 atom stereocenters. The van der Waals surface area contributed by atoms with E-state index in [4.69, 9.17) is 5.26 Å². The van der Waals surface area contributed by atoms with Gasteiger partial charge in [0.2, 0.25) is 0 Å². The van der Waals surface area contributed by atoms with Crippen molar-refractivity contribution < 1.29 is 18.0 Å². The summed E-state index contributed by atoms with van der Waals surface area (Å²) >= 11 is 0. The Morgan fingerprint density at radius 2 is 2.11 bits per heavy atom. The number of ketones is 1. The first-order chi connectivity index (χ1) is 8.91. The van der Waals surface area contributed by atoms with Crippen molar-refractivity contribution in [2.75, 3.05) is 11.4 Å². The van der Waals surface area contributed by atoms with Gasteiger partial charge in [-0.2, -0.15) is 18.4 Å². The molecular weight excluding hydrogens is 257 g/mol. The fraction of sp³-hybridized carbons (Fsp3) is 0.385. The van der Waals surface area contributed by atoms with Crippen molar-refractivity contribution in [3.05, 3.63) is 29.8 Å². The van der Waals surface area contributed by atoms with Crippen LogP contribution in [0.25, 0.3) is 0 Å². The molecule has 100 valence electrons. The molecule has 1 fully saturated rings. The first-order valence-corrected chi connectivity index (χ1v) is 5.79. The van der Waals surface area contributed by atoms with E-state index in [1.165, 1.54) is 12.1 Å². The molecule has 0 radical (unpaired) electrons. The fourth-order valence-corrected chi connectivity index (χ4v) is 1.72. The van der Waals surface area contributed by atoms with Crippen LogP contribution in [0.4, 0.5) is 18.9 Å². The second-order valence-corrected chi connectivity index (χ2v) is 4.47. The third kappa shape index (κ3) is 3.25. The van der Waals surface area contributed by atoms with E-state index in [9.17, 15) is 18.0 Å². The molecule has 0 heterocycles. The number of alkyl halides is 3. The molecule has 0 bridgehead atoms. The van der Waals surface area contributed by atoms with Gasteiger partial charge in [-0.15, -0.1) is 0 Å².